The summed E-state index contributed by atoms with van der Waals surface area (Å²) in [6, 6.07) is 4.15. The van der Waals surface area contributed by atoms with E-state index in [0.29, 0.717) is 18.5 Å². The van der Waals surface area contributed by atoms with E-state index in [9.17, 15) is 9.59 Å². The molecule has 3 aromatic rings. The van der Waals surface area contributed by atoms with Crippen LogP contribution in [0.5, 0.6) is 0 Å². The number of rotatable bonds is 1. The number of carbonyl (C=O) groups is 1. The van der Waals surface area contributed by atoms with E-state index in [-0.39, 0.29) is 24.1 Å². The number of cyclic esters (lactones) is 1. The molecular formula is C27H26N2O3. The van der Waals surface area contributed by atoms with Crippen molar-refractivity contribution >= 4 is 16.9 Å². The monoisotopic (exact) mass is 426 g/mol. The Balaban J connectivity index is 1.70. The van der Waals surface area contributed by atoms with Crippen LogP contribution in [0.1, 0.15) is 71.6 Å². The van der Waals surface area contributed by atoms with E-state index in [1.807, 2.05) is 19.9 Å². The lowest BCUT2D eigenvalue weighted by atomic mass is 9.76. The third-order valence-corrected chi connectivity index (χ3v) is 8.20. The highest BCUT2D eigenvalue weighted by molar-refractivity contribution is 5.94. The summed E-state index contributed by atoms with van der Waals surface area (Å²) >= 11 is 0. The van der Waals surface area contributed by atoms with E-state index in [0.717, 1.165) is 46.4 Å². The Labute approximate surface area is 187 Å². The minimum Gasteiger partial charge on any atom is -0.460 e. The maximum absolute atomic E-state index is 13.6. The van der Waals surface area contributed by atoms with Crippen molar-refractivity contribution in [1.29, 1.82) is 0 Å². The highest BCUT2D eigenvalue weighted by Crippen LogP contribution is 2.46. The van der Waals surface area contributed by atoms with Gasteiger partial charge in [0.05, 0.1) is 34.4 Å². The van der Waals surface area contributed by atoms with Crippen LogP contribution in [-0.2, 0) is 34.5 Å². The van der Waals surface area contributed by atoms with Crippen molar-refractivity contribution in [3.05, 3.63) is 68.4 Å². The normalized spacial score (nSPS) is 23.0. The lowest BCUT2D eigenvalue weighted by molar-refractivity contribution is -0.153. The molecule has 2 aliphatic heterocycles. The van der Waals surface area contributed by atoms with Gasteiger partial charge in [0, 0.05) is 10.9 Å². The van der Waals surface area contributed by atoms with E-state index in [2.05, 4.69) is 19.9 Å². The van der Waals surface area contributed by atoms with Gasteiger partial charge >= 0.3 is 5.97 Å². The van der Waals surface area contributed by atoms with Crippen LogP contribution in [-0.4, -0.2) is 15.5 Å². The molecule has 5 heteroatoms. The number of fused-ring (bicyclic) bond motifs is 5. The molecule has 0 N–H and O–H groups in total. The Morgan fingerprint density at radius 1 is 1.22 bits per heavy atom. The maximum atomic E-state index is 13.6. The molecule has 0 saturated carbocycles. The van der Waals surface area contributed by atoms with Gasteiger partial charge in [-0.3, -0.25) is 9.59 Å². The van der Waals surface area contributed by atoms with Crippen LogP contribution < -0.4 is 5.56 Å². The zero-order valence-electron chi connectivity index (χ0n) is 19.0. The van der Waals surface area contributed by atoms with Crippen molar-refractivity contribution in [1.82, 2.24) is 9.55 Å². The number of aryl methyl sites for hydroxylation is 2. The molecule has 0 bridgehead atoms. The summed E-state index contributed by atoms with van der Waals surface area (Å²) in [5.41, 5.74) is 9.08. The number of esters is 1. The Kier molecular flexibility index (Phi) is 3.88. The second-order valence-corrected chi connectivity index (χ2v) is 9.76. The fourth-order valence-corrected chi connectivity index (χ4v) is 5.93. The molecule has 2 atom stereocenters. The fraction of sp³-hybridized carbons (Fsp3) is 0.407. The van der Waals surface area contributed by atoms with Gasteiger partial charge in [0.2, 0.25) is 0 Å². The number of hydrogen-bond donors (Lipinski definition) is 0. The van der Waals surface area contributed by atoms with Crippen molar-refractivity contribution in [2.24, 2.45) is 0 Å². The van der Waals surface area contributed by atoms with Crippen molar-refractivity contribution in [2.45, 2.75) is 71.4 Å². The highest BCUT2D eigenvalue weighted by atomic mass is 16.5. The van der Waals surface area contributed by atoms with Gasteiger partial charge in [-0.25, -0.2) is 4.98 Å². The summed E-state index contributed by atoms with van der Waals surface area (Å²) in [7, 11) is 0. The number of carbonyl (C=O) groups excluding carboxylic acids is 1. The topological polar surface area (TPSA) is 61.2 Å². The van der Waals surface area contributed by atoms with Crippen molar-refractivity contribution < 1.29 is 9.53 Å². The average Bonchev–Trinajstić information content (AvgIpc) is 3.14. The van der Waals surface area contributed by atoms with Crippen LogP contribution in [0.2, 0.25) is 0 Å². The predicted octanol–water partition coefficient (Wildman–Crippen LogP) is 4.51. The zero-order chi connectivity index (χ0) is 22.5. The summed E-state index contributed by atoms with van der Waals surface area (Å²) < 4.78 is 7.21. The molecule has 2 radical (unpaired) electrons. The summed E-state index contributed by atoms with van der Waals surface area (Å²) in [5.74, 6) is -0.344. The molecule has 2 unspecified atom stereocenters. The summed E-state index contributed by atoms with van der Waals surface area (Å²) in [5, 5.41) is 1.17. The third kappa shape index (κ3) is 2.26. The molecule has 4 heterocycles. The van der Waals surface area contributed by atoms with Crippen LogP contribution in [0.4, 0.5) is 0 Å². The fourth-order valence-electron chi connectivity index (χ4n) is 5.93. The van der Waals surface area contributed by atoms with Gasteiger partial charge < -0.3 is 9.30 Å². The number of pyridine rings is 2. The van der Waals surface area contributed by atoms with Gasteiger partial charge in [-0.1, -0.05) is 6.92 Å². The molecular weight excluding hydrogens is 400 g/mol. The molecule has 0 fully saturated rings. The molecule has 0 saturated heterocycles. The van der Waals surface area contributed by atoms with E-state index in [1.165, 1.54) is 22.1 Å². The van der Waals surface area contributed by atoms with Crippen LogP contribution in [0.15, 0.2) is 16.9 Å². The predicted molar refractivity (Wildman–Crippen MR) is 123 cm³/mol. The number of benzene rings is 1. The number of nitrogens with zero attached hydrogens (tertiary/aromatic N) is 2. The first-order valence-electron chi connectivity index (χ1n) is 11.4. The van der Waals surface area contributed by atoms with Gasteiger partial charge in [0.1, 0.15) is 6.61 Å². The van der Waals surface area contributed by atoms with Gasteiger partial charge in [0.15, 0.2) is 0 Å². The Hall–Kier alpha value is -2.95. The lowest BCUT2D eigenvalue weighted by Crippen LogP contribution is -2.42. The molecule has 1 aliphatic carbocycles. The Bertz CT molecular complexity index is 1430. The van der Waals surface area contributed by atoms with Crippen molar-refractivity contribution in [3.63, 3.8) is 0 Å². The first kappa shape index (κ1) is 19.7. The standard InChI is InChI=1S/C27H26N2O3/c1-6-27(5)19-10-21-24-17(11-29(21)25(30)18(19)12-32-26(27)31)22-13(2)7-8-16-15(4)14(3)9-20(28-24)23(16)22/h2,9-10,13H,6-8,11-12H2,1,3-5H3. The molecule has 3 aliphatic rings. The molecule has 2 aromatic heterocycles. The van der Waals surface area contributed by atoms with Crippen molar-refractivity contribution in [2.75, 3.05) is 0 Å². The first-order chi connectivity index (χ1) is 15.3. The average molecular weight is 427 g/mol. The first-order valence-corrected chi connectivity index (χ1v) is 11.4. The van der Waals surface area contributed by atoms with Gasteiger partial charge in [-0.15, -0.1) is 0 Å². The molecule has 0 spiro atoms. The Morgan fingerprint density at radius 2 is 2.00 bits per heavy atom. The SMILES string of the molecule is [CH]C1CCc2c(C)c(C)cc3nc4c(c1c23)Cn1c-4cc2c(c1=O)COC(=O)C2(C)CC. The summed E-state index contributed by atoms with van der Waals surface area (Å²) in [4.78, 5) is 31.3. The van der Waals surface area contributed by atoms with E-state index in [4.69, 9.17) is 16.6 Å². The highest BCUT2D eigenvalue weighted by Gasteiger charge is 2.43. The summed E-state index contributed by atoms with van der Waals surface area (Å²) in [6.45, 7) is 15.3. The van der Waals surface area contributed by atoms with Crippen LogP contribution in [0.3, 0.4) is 0 Å². The summed E-state index contributed by atoms with van der Waals surface area (Å²) in [6.07, 6.45) is 2.41. The molecule has 32 heavy (non-hydrogen) atoms. The second kappa shape index (κ2) is 6.31. The lowest BCUT2D eigenvalue weighted by Gasteiger charge is -2.33. The molecule has 1 aromatic carbocycles. The van der Waals surface area contributed by atoms with Gasteiger partial charge in [-0.05, 0) is 92.8 Å². The van der Waals surface area contributed by atoms with Crippen LogP contribution >= 0.6 is 0 Å². The molecule has 0 amide bonds. The minimum atomic E-state index is -0.826. The third-order valence-electron chi connectivity index (χ3n) is 8.20. The quantitative estimate of drug-likeness (QED) is 0.420. The number of aromatic nitrogens is 2. The van der Waals surface area contributed by atoms with Gasteiger partial charge in [0.25, 0.3) is 5.56 Å². The van der Waals surface area contributed by atoms with Crippen LogP contribution in [0, 0.1) is 20.8 Å². The zero-order valence-corrected chi connectivity index (χ0v) is 19.0. The van der Waals surface area contributed by atoms with E-state index in [1.54, 1.807) is 4.57 Å². The maximum Gasteiger partial charge on any atom is 0.316 e. The van der Waals surface area contributed by atoms with Crippen LogP contribution in [0.25, 0.3) is 22.3 Å². The Morgan fingerprint density at radius 3 is 2.75 bits per heavy atom. The molecule has 5 nitrogen and oxygen atoms in total. The minimum absolute atomic E-state index is 0.0313. The van der Waals surface area contributed by atoms with Gasteiger partial charge in [-0.2, -0.15) is 0 Å². The smallest absolute Gasteiger partial charge is 0.316 e. The van der Waals surface area contributed by atoms with Crippen molar-refractivity contribution in [3.8, 4) is 11.4 Å². The second-order valence-electron chi connectivity index (χ2n) is 9.76. The number of ether oxygens (including phenoxy) is 1. The molecule has 162 valence electrons. The van der Waals surface area contributed by atoms with E-state index >= 15 is 0 Å². The number of hydrogen-bond acceptors (Lipinski definition) is 4. The van der Waals surface area contributed by atoms with E-state index < -0.39 is 5.41 Å². The molecule has 6 rings (SSSR count). The largest absolute Gasteiger partial charge is 0.460 e.